The first-order valence-corrected chi connectivity index (χ1v) is 9.74. The first kappa shape index (κ1) is 20.7. The molecule has 0 saturated heterocycles. The number of aryl methyl sites for hydroxylation is 3. The number of hydrogen-bond acceptors (Lipinski definition) is 5. The molecule has 3 aromatic heterocycles. The molecule has 0 aliphatic rings. The summed E-state index contributed by atoms with van der Waals surface area (Å²) in [6, 6.07) is 6.63. The summed E-state index contributed by atoms with van der Waals surface area (Å²) in [5, 5.41) is 4.47. The summed E-state index contributed by atoms with van der Waals surface area (Å²) in [4.78, 5) is 19.5. The molecule has 8 heteroatoms. The van der Waals surface area contributed by atoms with Gasteiger partial charge in [0.2, 0.25) is 0 Å². The molecule has 0 aliphatic carbocycles. The molecule has 0 aliphatic heterocycles. The lowest BCUT2D eigenvalue weighted by molar-refractivity contribution is 0.0744. The van der Waals surface area contributed by atoms with Gasteiger partial charge in [0.25, 0.3) is 11.6 Å². The van der Waals surface area contributed by atoms with Gasteiger partial charge in [-0.2, -0.15) is 0 Å². The largest absolute Gasteiger partial charge is 0.466 e. The van der Waals surface area contributed by atoms with Crippen LogP contribution in [0.1, 0.15) is 46.1 Å². The van der Waals surface area contributed by atoms with Crippen LogP contribution in [0.15, 0.2) is 39.3 Å². The van der Waals surface area contributed by atoms with Crippen LogP contribution >= 0.6 is 0 Å². The number of rotatable bonds is 4. The number of fused-ring (bicyclic) bond motifs is 1. The van der Waals surface area contributed by atoms with Crippen LogP contribution in [0.4, 0.5) is 8.78 Å². The Morgan fingerprint density at radius 3 is 2.48 bits per heavy atom. The smallest absolute Gasteiger partial charge is 0.259 e. The van der Waals surface area contributed by atoms with Crippen molar-refractivity contribution in [2.45, 2.75) is 33.7 Å². The van der Waals surface area contributed by atoms with Gasteiger partial charge in [-0.25, -0.2) is 13.8 Å². The summed E-state index contributed by atoms with van der Waals surface area (Å²) in [6.45, 7) is 7.12. The van der Waals surface area contributed by atoms with E-state index in [1.54, 1.807) is 27.0 Å². The molecule has 0 radical (unpaired) electrons. The van der Waals surface area contributed by atoms with Crippen molar-refractivity contribution in [3.8, 4) is 11.3 Å². The van der Waals surface area contributed by atoms with Gasteiger partial charge in [-0.1, -0.05) is 11.2 Å². The molecule has 0 spiro atoms. The summed E-state index contributed by atoms with van der Waals surface area (Å²) in [6.07, 6.45) is 0. The molecule has 0 saturated carbocycles. The van der Waals surface area contributed by atoms with E-state index in [1.165, 1.54) is 11.0 Å². The minimum absolute atomic E-state index is 0.241. The van der Waals surface area contributed by atoms with Crippen LogP contribution in [0.2, 0.25) is 0 Å². The summed E-state index contributed by atoms with van der Waals surface area (Å²) in [5.74, 6) is -0.826. The van der Waals surface area contributed by atoms with Gasteiger partial charge in [0, 0.05) is 12.6 Å². The number of amides is 1. The van der Waals surface area contributed by atoms with E-state index < -0.39 is 17.7 Å². The molecule has 1 atom stereocenters. The van der Waals surface area contributed by atoms with Crippen LogP contribution < -0.4 is 0 Å². The summed E-state index contributed by atoms with van der Waals surface area (Å²) in [7, 11) is 1.61. The average Bonchev–Trinajstić information content (AvgIpc) is 3.29. The molecule has 0 unspecified atom stereocenters. The number of halogens is 2. The van der Waals surface area contributed by atoms with Gasteiger partial charge in [0.05, 0.1) is 28.4 Å². The molecular weight excluding hydrogens is 404 g/mol. The zero-order valence-corrected chi connectivity index (χ0v) is 17.8. The molecule has 31 heavy (non-hydrogen) atoms. The molecule has 0 N–H and O–H groups in total. The van der Waals surface area contributed by atoms with Crippen molar-refractivity contribution in [3.63, 3.8) is 0 Å². The molecule has 1 aromatic carbocycles. The number of carbonyl (C=O) groups is 1. The maximum atomic E-state index is 13.7. The zero-order valence-electron chi connectivity index (χ0n) is 17.8. The number of furan rings is 1. The Morgan fingerprint density at radius 2 is 1.84 bits per heavy atom. The highest BCUT2D eigenvalue weighted by Gasteiger charge is 2.26. The van der Waals surface area contributed by atoms with E-state index in [-0.39, 0.29) is 11.6 Å². The van der Waals surface area contributed by atoms with Crippen molar-refractivity contribution in [3.05, 3.63) is 70.3 Å². The third kappa shape index (κ3) is 3.58. The molecule has 3 heterocycles. The van der Waals surface area contributed by atoms with E-state index in [2.05, 4.69) is 10.1 Å². The van der Waals surface area contributed by atoms with Crippen molar-refractivity contribution in [2.75, 3.05) is 7.05 Å². The quantitative estimate of drug-likeness (QED) is 0.431. The van der Waals surface area contributed by atoms with Gasteiger partial charge in [-0.3, -0.25) is 4.79 Å². The first-order chi connectivity index (χ1) is 14.7. The molecule has 0 fully saturated rings. The predicted octanol–water partition coefficient (Wildman–Crippen LogP) is 5.52. The Hall–Kier alpha value is -3.55. The maximum Gasteiger partial charge on any atom is 0.259 e. The number of benzene rings is 1. The van der Waals surface area contributed by atoms with Crippen LogP contribution in [0.25, 0.3) is 22.4 Å². The Labute approximate surface area is 177 Å². The highest BCUT2D eigenvalue weighted by atomic mass is 19.2. The highest BCUT2D eigenvalue weighted by Crippen LogP contribution is 2.32. The Kier molecular flexibility index (Phi) is 5.08. The predicted molar refractivity (Wildman–Crippen MR) is 111 cm³/mol. The van der Waals surface area contributed by atoms with Gasteiger partial charge in [-0.05, 0) is 57.5 Å². The molecule has 4 rings (SSSR count). The summed E-state index contributed by atoms with van der Waals surface area (Å²) >= 11 is 0. The Bertz CT molecular complexity index is 1310. The topological polar surface area (TPSA) is 72.4 Å². The molecule has 1 amide bonds. The van der Waals surface area contributed by atoms with Crippen molar-refractivity contribution < 1.29 is 22.5 Å². The lowest BCUT2D eigenvalue weighted by Crippen LogP contribution is -2.30. The van der Waals surface area contributed by atoms with Gasteiger partial charge < -0.3 is 13.8 Å². The second-order valence-corrected chi connectivity index (χ2v) is 7.60. The number of hydrogen-bond donors (Lipinski definition) is 0. The molecular formula is C23H21F2N3O3. The number of pyridine rings is 1. The fourth-order valence-electron chi connectivity index (χ4n) is 3.65. The van der Waals surface area contributed by atoms with Crippen molar-refractivity contribution in [1.82, 2.24) is 15.0 Å². The molecule has 6 nitrogen and oxygen atoms in total. The average molecular weight is 425 g/mol. The van der Waals surface area contributed by atoms with E-state index in [9.17, 15) is 13.6 Å². The van der Waals surface area contributed by atoms with Gasteiger partial charge in [0.15, 0.2) is 11.6 Å². The number of carbonyl (C=O) groups excluding carboxylic acids is 1. The lowest BCUT2D eigenvalue weighted by atomic mass is 10.0. The number of aromatic nitrogens is 2. The van der Waals surface area contributed by atoms with E-state index in [0.717, 1.165) is 23.5 Å². The molecule has 4 aromatic rings. The Balaban J connectivity index is 1.80. The minimum Gasteiger partial charge on any atom is -0.466 e. The minimum atomic E-state index is -0.959. The van der Waals surface area contributed by atoms with Crippen LogP contribution in [-0.4, -0.2) is 28.0 Å². The Morgan fingerprint density at radius 1 is 1.10 bits per heavy atom. The van der Waals surface area contributed by atoms with Crippen LogP contribution in [0.5, 0.6) is 0 Å². The number of nitrogens with zero attached hydrogens (tertiary/aromatic N) is 3. The maximum absolute atomic E-state index is 13.7. The van der Waals surface area contributed by atoms with E-state index in [1.807, 2.05) is 19.9 Å². The van der Waals surface area contributed by atoms with E-state index >= 15 is 0 Å². The van der Waals surface area contributed by atoms with Crippen molar-refractivity contribution >= 4 is 17.0 Å². The second kappa shape index (κ2) is 7.61. The summed E-state index contributed by atoms with van der Waals surface area (Å²) < 4.78 is 38.0. The SMILES string of the molecule is Cc1cc(-c2cc(C(=O)N(C)[C@H](C)c3ccc(F)c(F)c3)c3c(C)noc3n2)c(C)o1. The van der Waals surface area contributed by atoms with Gasteiger partial charge in [0.1, 0.15) is 11.5 Å². The third-order valence-electron chi connectivity index (χ3n) is 5.49. The third-order valence-corrected chi connectivity index (χ3v) is 5.49. The van der Waals surface area contributed by atoms with Crippen LogP contribution in [0.3, 0.4) is 0 Å². The van der Waals surface area contributed by atoms with Crippen LogP contribution in [-0.2, 0) is 0 Å². The standard InChI is InChI=1S/C23H21F2N3O3/c1-11-8-16(14(4)30-11)20-10-17(21-12(2)27-31-22(21)26-20)23(29)28(5)13(3)15-6-7-18(24)19(25)9-15/h6-10,13H,1-5H3/t13-/m1/s1. The highest BCUT2D eigenvalue weighted by molar-refractivity contribution is 6.07. The fraction of sp³-hybridized carbons (Fsp3) is 0.261. The van der Waals surface area contributed by atoms with Crippen LogP contribution in [0, 0.1) is 32.4 Å². The van der Waals surface area contributed by atoms with Crippen molar-refractivity contribution in [2.24, 2.45) is 0 Å². The summed E-state index contributed by atoms with van der Waals surface area (Å²) in [5.41, 5.74) is 2.88. The lowest BCUT2D eigenvalue weighted by Gasteiger charge is -2.26. The molecule has 160 valence electrons. The van der Waals surface area contributed by atoms with Gasteiger partial charge in [-0.15, -0.1) is 0 Å². The monoisotopic (exact) mass is 425 g/mol. The fourth-order valence-corrected chi connectivity index (χ4v) is 3.65. The first-order valence-electron chi connectivity index (χ1n) is 9.74. The zero-order chi connectivity index (χ0) is 22.4. The molecule has 0 bridgehead atoms. The van der Waals surface area contributed by atoms with Crippen molar-refractivity contribution in [1.29, 1.82) is 0 Å². The normalized spacial score (nSPS) is 12.4. The second-order valence-electron chi connectivity index (χ2n) is 7.60. The van der Waals surface area contributed by atoms with E-state index in [4.69, 9.17) is 8.94 Å². The van der Waals surface area contributed by atoms with E-state index in [0.29, 0.717) is 33.7 Å². The van der Waals surface area contributed by atoms with Gasteiger partial charge >= 0.3 is 0 Å².